The van der Waals surface area contributed by atoms with Crippen LogP contribution in [0, 0.1) is 0 Å². The number of benzene rings is 1. The summed E-state index contributed by atoms with van der Waals surface area (Å²) in [6, 6.07) is 10.8. The Hall–Kier alpha value is -0.900. The van der Waals surface area contributed by atoms with Gasteiger partial charge in [-0.05, 0) is 39.8 Å². The summed E-state index contributed by atoms with van der Waals surface area (Å²) >= 11 is 0. The lowest BCUT2D eigenvalue weighted by molar-refractivity contribution is 0.0646. The van der Waals surface area contributed by atoms with Crippen molar-refractivity contribution in [2.24, 2.45) is 4.99 Å². The van der Waals surface area contributed by atoms with Crippen molar-refractivity contribution in [1.29, 1.82) is 0 Å². The van der Waals surface area contributed by atoms with Crippen LogP contribution in [0.25, 0.3) is 0 Å². The van der Waals surface area contributed by atoms with Gasteiger partial charge in [0.15, 0.2) is 5.96 Å². The summed E-state index contributed by atoms with van der Waals surface area (Å²) in [5, 5.41) is 6.78. The molecule has 1 aromatic carbocycles. The lowest BCUT2D eigenvalue weighted by Gasteiger charge is -2.35. The van der Waals surface area contributed by atoms with Gasteiger partial charge in [-0.2, -0.15) is 0 Å². The normalized spacial score (nSPS) is 18.0. The van der Waals surface area contributed by atoms with Crippen molar-refractivity contribution < 1.29 is 4.74 Å². The number of likely N-dealkylation sites (N-methyl/N-ethyl adjacent to an activating group) is 1. The summed E-state index contributed by atoms with van der Waals surface area (Å²) < 4.78 is 5.95. The van der Waals surface area contributed by atoms with E-state index in [0.29, 0.717) is 6.04 Å². The summed E-state index contributed by atoms with van der Waals surface area (Å²) in [6.45, 7) is 14.3. The summed E-state index contributed by atoms with van der Waals surface area (Å²) in [6.07, 6.45) is 1.09. The quantitative estimate of drug-likeness (QED) is 0.216. The van der Waals surface area contributed by atoms with Crippen molar-refractivity contribution in [3.63, 3.8) is 0 Å². The second kappa shape index (κ2) is 15.0. The molecule has 166 valence electrons. The number of nitrogens with one attached hydrogen (secondary N) is 2. The van der Waals surface area contributed by atoms with Gasteiger partial charge in [0.2, 0.25) is 0 Å². The Labute approximate surface area is 194 Å². The topological polar surface area (TPSA) is 52.1 Å². The zero-order valence-electron chi connectivity index (χ0n) is 18.6. The smallest absolute Gasteiger partial charge is 0.191 e. The average Bonchev–Trinajstić information content (AvgIpc) is 2.72. The average molecular weight is 518 g/mol. The maximum Gasteiger partial charge on any atom is 0.191 e. The summed E-state index contributed by atoms with van der Waals surface area (Å²) in [7, 11) is 2.19. The Morgan fingerprint density at radius 2 is 1.79 bits per heavy atom. The first-order valence-corrected chi connectivity index (χ1v) is 10.7. The number of aliphatic imine (C=N–C) groups is 1. The molecular weight excluding hydrogens is 477 g/mol. The van der Waals surface area contributed by atoms with Gasteiger partial charge in [0.1, 0.15) is 0 Å². The van der Waals surface area contributed by atoms with Crippen molar-refractivity contribution in [2.75, 3.05) is 59.5 Å². The molecule has 1 aromatic rings. The van der Waals surface area contributed by atoms with Crippen molar-refractivity contribution >= 4 is 29.9 Å². The van der Waals surface area contributed by atoms with Gasteiger partial charge in [0.25, 0.3) is 0 Å². The molecule has 1 saturated heterocycles. The predicted molar refractivity (Wildman–Crippen MR) is 133 cm³/mol. The van der Waals surface area contributed by atoms with Gasteiger partial charge in [-0.3, -0.25) is 9.89 Å². The fourth-order valence-corrected chi connectivity index (χ4v) is 3.30. The van der Waals surface area contributed by atoms with Crippen LogP contribution >= 0.6 is 24.0 Å². The molecule has 1 fully saturated rings. The van der Waals surface area contributed by atoms with Crippen molar-refractivity contribution in [1.82, 2.24) is 20.4 Å². The Bertz CT molecular complexity index is 564. The van der Waals surface area contributed by atoms with Crippen molar-refractivity contribution in [3.8, 4) is 0 Å². The molecular formula is C22H40IN5O. The predicted octanol–water partition coefficient (Wildman–Crippen LogP) is 2.96. The monoisotopic (exact) mass is 517 g/mol. The minimum Gasteiger partial charge on any atom is -0.374 e. The number of ether oxygens (including phenoxy) is 1. The molecule has 2 unspecified atom stereocenters. The minimum atomic E-state index is 0. The second-order valence-corrected chi connectivity index (χ2v) is 7.61. The highest BCUT2D eigenvalue weighted by molar-refractivity contribution is 14.0. The van der Waals surface area contributed by atoms with Gasteiger partial charge in [0, 0.05) is 51.9 Å². The summed E-state index contributed by atoms with van der Waals surface area (Å²) in [5.41, 5.74) is 1.23. The van der Waals surface area contributed by atoms with E-state index < -0.39 is 0 Å². The zero-order valence-corrected chi connectivity index (χ0v) is 20.9. The molecule has 2 rings (SSSR count). The standard InChI is InChI=1S/C22H39N5O.HI/c1-5-23-22(25-18-19(2)27-15-13-26(4)14-16-27)24-12-9-17-28-20(3)21-10-7-6-8-11-21;/h6-8,10-11,19-20H,5,9,12-18H2,1-4H3,(H2,23,24,25);1H. The fourth-order valence-electron chi connectivity index (χ4n) is 3.30. The molecule has 0 bridgehead atoms. The van der Waals surface area contributed by atoms with Gasteiger partial charge >= 0.3 is 0 Å². The van der Waals surface area contributed by atoms with E-state index in [1.54, 1.807) is 0 Å². The van der Waals surface area contributed by atoms with Crippen LogP contribution in [0.15, 0.2) is 35.3 Å². The van der Waals surface area contributed by atoms with Crippen LogP contribution in [0.3, 0.4) is 0 Å². The first-order valence-electron chi connectivity index (χ1n) is 10.7. The number of hydrogen-bond donors (Lipinski definition) is 2. The van der Waals surface area contributed by atoms with Crippen molar-refractivity contribution in [3.05, 3.63) is 35.9 Å². The van der Waals surface area contributed by atoms with Crippen LogP contribution < -0.4 is 10.6 Å². The molecule has 0 aromatic heterocycles. The zero-order chi connectivity index (χ0) is 20.2. The molecule has 1 aliphatic rings. The van der Waals surface area contributed by atoms with E-state index in [1.807, 2.05) is 6.07 Å². The lowest BCUT2D eigenvalue weighted by atomic mass is 10.1. The van der Waals surface area contributed by atoms with E-state index >= 15 is 0 Å². The van der Waals surface area contributed by atoms with Crippen LogP contribution in [0.1, 0.15) is 38.9 Å². The molecule has 0 spiro atoms. The first-order chi connectivity index (χ1) is 13.6. The molecule has 2 atom stereocenters. The summed E-state index contributed by atoms with van der Waals surface area (Å²) in [5.74, 6) is 0.902. The largest absolute Gasteiger partial charge is 0.374 e. The Morgan fingerprint density at radius 3 is 2.45 bits per heavy atom. The maximum absolute atomic E-state index is 5.95. The van der Waals surface area contributed by atoms with Gasteiger partial charge in [-0.25, -0.2) is 0 Å². The number of rotatable bonds is 10. The third-order valence-electron chi connectivity index (χ3n) is 5.27. The van der Waals surface area contributed by atoms with Crippen LogP contribution in [-0.2, 0) is 4.74 Å². The number of piperazine rings is 1. The van der Waals surface area contributed by atoms with Crippen LogP contribution in [-0.4, -0.2) is 81.3 Å². The molecule has 0 saturated carbocycles. The molecule has 7 heteroatoms. The van der Waals surface area contributed by atoms with Gasteiger partial charge < -0.3 is 20.3 Å². The molecule has 1 heterocycles. The third kappa shape index (κ3) is 10.1. The maximum atomic E-state index is 5.95. The molecule has 0 amide bonds. The number of hydrogen-bond acceptors (Lipinski definition) is 4. The number of halogens is 1. The van der Waals surface area contributed by atoms with Crippen LogP contribution in [0.2, 0.25) is 0 Å². The highest BCUT2D eigenvalue weighted by Crippen LogP contribution is 2.15. The highest BCUT2D eigenvalue weighted by Gasteiger charge is 2.18. The molecule has 29 heavy (non-hydrogen) atoms. The van der Waals surface area contributed by atoms with Gasteiger partial charge in [-0.1, -0.05) is 30.3 Å². The third-order valence-corrected chi connectivity index (χ3v) is 5.27. The van der Waals surface area contributed by atoms with E-state index in [9.17, 15) is 0 Å². The van der Waals surface area contributed by atoms with E-state index in [0.717, 1.165) is 64.8 Å². The molecule has 0 aliphatic carbocycles. The van der Waals surface area contributed by atoms with Gasteiger partial charge in [-0.15, -0.1) is 24.0 Å². The molecule has 6 nitrogen and oxygen atoms in total. The Balaban J connectivity index is 0.00000420. The second-order valence-electron chi connectivity index (χ2n) is 7.61. The van der Waals surface area contributed by atoms with Gasteiger partial charge in [0.05, 0.1) is 12.6 Å². The van der Waals surface area contributed by atoms with E-state index in [1.165, 1.54) is 5.56 Å². The summed E-state index contributed by atoms with van der Waals surface area (Å²) in [4.78, 5) is 9.71. The molecule has 0 radical (unpaired) electrons. The number of guanidine groups is 1. The molecule has 1 aliphatic heterocycles. The Kier molecular flexibility index (Phi) is 13.5. The van der Waals surface area contributed by atoms with Crippen LogP contribution in [0.4, 0.5) is 0 Å². The number of nitrogens with zero attached hydrogens (tertiary/aromatic N) is 3. The molecule has 2 N–H and O–H groups in total. The minimum absolute atomic E-state index is 0. The SMILES string of the molecule is CCNC(=NCC(C)N1CCN(C)CC1)NCCCOC(C)c1ccccc1.I. The Morgan fingerprint density at radius 1 is 1.10 bits per heavy atom. The van der Waals surface area contributed by atoms with Crippen molar-refractivity contribution in [2.45, 2.75) is 39.3 Å². The van der Waals surface area contributed by atoms with E-state index in [2.05, 4.69) is 72.5 Å². The first kappa shape index (κ1) is 26.1. The van der Waals surface area contributed by atoms with Crippen LogP contribution in [0.5, 0.6) is 0 Å². The lowest BCUT2D eigenvalue weighted by Crippen LogP contribution is -2.49. The highest BCUT2D eigenvalue weighted by atomic mass is 127. The van der Waals surface area contributed by atoms with E-state index in [4.69, 9.17) is 9.73 Å². The fraction of sp³-hybridized carbons (Fsp3) is 0.682. The van der Waals surface area contributed by atoms with E-state index in [-0.39, 0.29) is 30.1 Å².